The Bertz CT molecular complexity index is 1110. The highest BCUT2D eigenvalue weighted by molar-refractivity contribution is 6.02. The van der Waals surface area contributed by atoms with Gasteiger partial charge in [-0.2, -0.15) is 0 Å². The number of hydrogen-bond acceptors (Lipinski definition) is 4. The van der Waals surface area contributed by atoms with Gasteiger partial charge in [-0.05, 0) is 42.3 Å². The van der Waals surface area contributed by atoms with E-state index in [1.807, 2.05) is 30.3 Å². The van der Waals surface area contributed by atoms with Gasteiger partial charge in [0.2, 0.25) is 0 Å². The van der Waals surface area contributed by atoms with Crippen LogP contribution in [0.25, 0.3) is 5.57 Å². The number of esters is 1. The summed E-state index contributed by atoms with van der Waals surface area (Å²) < 4.78 is 4.98. The Kier molecular flexibility index (Phi) is 7.54. The number of amides is 2. The molecule has 0 saturated carbocycles. The van der Waals surface area contributed by atoms with Crippen LogP contribution in [0.4, 0.5) is 0 Å². The maximum absolute atomic E-state index is 13.3. The molecule has 0 saturated heterocycles. The number of nitrogens with one attached hydrogen (secondary N) is 1. The quantitative estimate of drug-likeness (QED) is 0.364. The van der Waals surface area contributed by atoms with Gasteiger partial charge in [0.15, 0.2) is 0 Å². The second-order valence-electron chi connectivity index (χ2n) is 7.03. The molecular formula is C26H24N2O4. The van der Waals surface area contributed by atoms with Crippen molar-refractivity contribution in [1.29, 1.82) is 0 Å². The van der Waals surface area contributed by atoms with Gasteiger partial charge in [-0.25, -0.2) is 9.80 Å². The van der Waals surface area contributed by atoms with Gasteiger partial charge in [0.1, 0.15) is 0 Å². The molecule has 0 fully saturated rings. The van der Waals surface area contributed by atoms with Crippen LogP contribution in [-0.4, -0.2) is 36.4 Å². The van der Waals surface area contributed by atoms with Crippen molar-refractivity contribution in [2.75, 3.05) is 13.7 Å². The molecule has 6 heteroatoms. The Balaban J connectivity index is 1.99. The highest BCUT2D eigenvalue weighted by atomic mass is 16.5. The van der Waals surface area contributed by atoms with Crippen molar-refractivity contribution < 1.29 is 19.1 Å². The first-order valence-corrected chi connectivity index (χ1v) is 10.1. The van der Waals surface area contributed by atoms with Crippen LogP contribution in [0.5, 0.6) is 0 Å². The van der Waals surface area contributed by atoms with Crippen molar-refractivity contribution >= 4 is 23.4 Å². The normalized spacial score (nSPS) is 11.2. The minimum Gasteiger partial charge on any atom is -0.466 e. The van der Waals surface area contributed by atoms with Crippen molar-refractivity contribution in [2.24, 2.45) is 0 Å². The Morgan fingerprint density at radius 3 is 1.72 bits per heavy atom. The average Bonchev–Trinajstić information content (AvgIpc) is 2.86. The fourth-order valence-corrected chi connectivity index (χ4v) is 3.16. The molecule has 0 heterocycles. The van der Waals surface area contributed by atoms with Gasteiger partial charge in [0.25, 0.3) is 11.8 Å². The van der Waals surface area contributed by atoms with E-state index in [0.29, 0.717) is 16.7 Å². The summed E-state index contributed by atoms with van der Waals surface area (Å²) in [6.45, 7) is 1.62. The summed E-state index contributed by atoms with van der Waals surface area (Å²) in [5.41, 5.74) is 5.14. The topological polar surface area (TPSA) is 75.7 Å². The van der Waals surface area contributed by atoms with Gasteiger partial charge in [-0.3, -0.25) is 15.0 Å². The molecule has 6 nitrogen and oxygen atoms in total. The molecule has 3 rings (SSSR count). The standard InChI is InChI=1S/C26H24N2O4/c1-19(20-12-6-3-7-13-20)23(26(31)32-2)18-28(25(30)22-16-10-5-11-17-22)27-24(29)21-14-8-4-9-15-21/h3-17H,18H2,1-2H3,(H,27,29)/b23-19-. The first-order valence-electron chi connectivity index (χ1n) is 10.1. The third kappa shape index (κ3) is 5.49. The molecule has 0 atom stereocenters. The van der Waals surface area contributed by atoms with Crippen LogP contribution < -0.4 is 5.43 Å². The van der Waals surface area contributed by atoms with Crippen LogP contribution in [-0.2, 0) is 9.53 Å². The van der Waals surface area contributed by atoms with E-state index in [9.17, 15) is 14.4 Å². The molecule has 0 spiro atoms. The summed E-state index contributed by atoms with van der Waals surface area (Å²) in [6, 6.07) is 26.4. The lowest BCUT2D eigenvalue weighted by Crippen LogP contribution is -2.48. The molecule has 0 aromatic heterocycles. The monoisotopic (exact) mass is 428 g/mol. The van der Waals surface area contributed by atoms with E-state index in [-0.39, 0.29) is 12.1 Å². The second-order valence-corrected chi connectivity index (χ2v) is 7.03. The summed E-state index contributed by atoms with van der Waals surface area (Å²) in [4.78, 5) is 38.7. The molecular weight excluding hydrogens is 404 g/mol. The van der Waals surface area contributed by atoms with E-state index in [1.54, 1.807) is 67.6 Å². The highest BCUT2D eigenvalue weighted by Crippen LogP contribution is 2.20. The van der Waals surface area contributed by atoms with E-state index in [0.717, 1.165) is 10.6 Å². The predicted octanol–water partition coefficient (Wildman–Crippen LogP) is 4.12. The van der Waals surface area contributed by atoms with Crippen LogP contribution in [0.2, 0.25) is 0 Å². The van der Waals surface area contributed by atoms with Gasteiger partial charge < -0.3 is 4.74 Å². The molecule has 32 heavy (non-hydrogen) atoms. The smallest absolute Gasteiger partial charge is 0.335 e. The highest BCUT2D eigenvalue weighted by Gasteiger charge is 2.25. The van der Waals surface area contributed by atoms with E-state index >= 15 is 0 Å². The first kappa shape index (κ1) is 22.5. The fraction of sp³-hybridized carbons (Fsp3) is 0.115. The van der Waals surface area contributed by atoms with E-state index in [1.165, 1.54) is 7.11 Å². The molecule has 1 N–H and O–H groups in total. The molecule has 0 radical (unpaired) electrons. The fourth-order valence-electron chi connectivity index (χ4n) is 3.16. The molecule has 162 valence electrons. The number of carbonyl (C=O) groups excluding carboxylic acids is 3. The number of methoxy groups -OCH3 is 1. The van der Waals surface area contributed by atoms with Crippen molar-refractivity contribution in [1.82, 2.24) is 10.4 Å². The number of rotatable bonds is 6. The molecule has 0 aliphatic rings. The number of benzene rings is 3. The SMILES string of the molecule is COC(=O)/C(CN(NC(=O)c1ccccc1)C(=O)c1ccccc1)=C(/C)c1ccccc1. The van der Waals surface area contributed by atoms with Crippen molar-refractivity contribution in [2.45, 2.75) is 6.92 Å². The number of ether oxygens (including phenoxy) is 1. The Hall–Kier alpha value is -4.19. The minimum absolute atomic E-state index is 0.167. The zero-order chi connectivity index (χ0) is 22.9. The number of hydrogen-bond donors (Lipinski definition) is 1. The third-order valence-electron chi connectivity index (χ3n) is 4.95. The summed E-state index contributed by atoms with van der Waals surface area (Å²) in [7, 11) is 1.28. The lowest BCUT2D eigenvalue weighted by molar-refractivity contribution is -0.136. The molecule has 0 unspecified atom stereocenters. The summed E-state index contributed by atoms with van der Waals surface area (Å²) >= 11 is 0. The van der Waals surface area contributed by atoms with Crippen molar-refractivity contribution in [3.63, 3.8) is 0 Å². The third-order valence-corrected chi connectivity index (χ3v) is 4.95. The van der Waals surface area contributed by atoms with Crippen LogP contribution in [0.1, 0.15) is 33.2 Å². The van der Waals surface area contributed by atoms with Crippen molar-refractivity contribution in [3.8, 4) is 0 Å². The van der Waals surface area contributed by atoms with Gasteiger partial charge in [-0.15, -0.1) is 0 Å². The lowest BCUT2D eigenvalue weighted by Gasteiger charge is -2.25. The first-order chi connectivity index (χ1) is 15.5. The molecule has 2 amide bonds. The number of nitrogens with zero attached hydrogens (tertiary/aromatic N) is 1. The maximum atomic E-state index is 13.3. The van der Waals surface area contributed by atoms with E-state index in [4.69, 9.17) is 4.74 Å². The largest absolute Gasteiger partial charge is 0.466 e. The summed E-state index contributed by atoms with van der Waals surface area (Å²) in [6.07, 6.45) is 0. The number of allylic oxidation sites excluding steroid dienone is 1. The predicted molar refractivity (Wildman–Crippen MR) is 122 cm³/mol. The van der Waals surface area contributed by atoms with Crippen LogP contribution >= 0.6 is 0 Å². The molecule has 0 bridgehead atoms. The number of carbonyl (C=O) groups is 3. The summed E-state index contributed by atoms with van der Waals surface area (Å²) in [5.74, 6) is -1.49. The minimum atomic E-state index is -0.578. The zero-order valence-corrected chi connectivity index (χ0v) is 17.9. The molecule has 3 aromatic carbocycles. The number of hydrazine groups is 1. The Morgan fingerprint density at radius 1 is 0.750 bits per heavy atom. The van der Waals surface area contributed by atoms with Gasteiger partial charge in [0, 0.05) is 11.1 Å². The zero-order valence-electron chi connectivity index (χ0n) is 17.9. The summed E-state index contributed by atoms with van der Waals surface area (Å²) in [5, 5.41) is 1.14. The average molecular weight is 428 g/mol. The van der Waals surface area contributed by atoms with E-state index < -0.39 is 17.8 Å². The van der Waals surface area contributed by atoms with Gasteiger partial charge >= 0.3 is 5.97 Å². The van der Waals surface area contributed by atoms with Gasteiger partial charge in [-0.1, -0.05) is 66.7 Å². The van der Waals surface area contributed by atoms with Gasteiger partial charge in [0.05, 0.1) is 19.2 Å². The second kappa shape index (κ2) is 10.7. The molecule has 3 aromatic rings. The van der Waals surface area contributed by atoms with E-state index in [2.05, 4.69) is 5.43 Å². The van der Waals surface area contributed by atoms with Crippen LogP contribution in [0.15, 0.2) is 96.6 Å². The molecule has 0 aliphatic heterocycles. The lowest BCUT2D eigenvalue weighted by atomic mass is 10.0. The maximum Gasteiger partial charge on any atom is 0.335 e. The van der Waals surface area contributed by atoms with Crippen LogP contribution in [0.3, 0.4) is 0 Å². The molecule has 0 aliphatic carbocycles. The Morgan fingerprint density at radius 2 is 1.22 bits per heavy atom. The van der Waals surface area contributed by atoms with Crippen LogP contribution in [0, 0.1) is 0 Å². The van der Waals surface area contributed by atoms with Crippen molar-refractivity contribution in [3.05, 3.63) is 113 Å². The Labute approximate surface area is 187 Å².